The largest absolute Gasteiger partial charge is 0.389 e. The molecule has 3 rings (SSSR count). The molecule has 0 unspecified atom stereocenters. The zero-order valence-corrected chi connectivity index (χ0v) is 11.4. The van der Waals surface area contributed by atoms with Gasteiger partial charge in [-0.05, 0) is 6.07 Å². The maximum Gasteiger partial charge on any atom is 0.259 e. The maximum atomic E-state index is 12.5. The summed E-state index contributed by atoms with van der Waals surface area (Å²) in [7, 11) is 0. The normalized spacial score (nSPS) is 21.7. The molecule has 1 fully saturated rings. The number of carbonyl (C=O) groups is 2. The Morgan fingerprint density at radius 1 is 1.43 bits per heavy atom. The average Bonchev–Trinajstić information content (AvgIpc) is 3.02. The van der Waals surface area contributed by atoms with Gasteiger partial charge in [0.2, 0.25) is 5.91 Å². The van der Waals surface area contributed by atoms with E-state index in [0.717, 1.165) is 0 Å². The number of hydrogen-bond acceptors (Lipinski definition) is 5. The van der Waals surface area contributed by atoms with E-state index in [-0.39, 0.29) is 24.9 Å². The second-order valence-corrected chi connectivity index (χ2v) is 5.03. The Balaban J connectivity index is 1.81. The highest BCUT2D eigenvalue weighted by molar-refractivity contribution is 5.99. The zero-order valence-electron chi connectivity index (χ0n) is 11.4. The Kier molecular flexibility index (Phi) is 3.30. The van der Waals surface area contributed by atoms with Crippen molar-refractivity contribution < 1.29 is 14.7 Å². The van der Waals surface area contributed by atoms with Crippen molar-refractivity contribution in [2.45, 2.75) is 19.1 Å². The fraction of sp³-hybridized carbons (Fsp3) is 0.385. The second kappa shape index (κ2) is 5.13. The minimum absolute atomic E-state index is 0.175. The molecule has 2 aromatic rings. The van der Waals surface area contributed by atoms with E-state index in [9.17, 15) is 14.7 Å². The third-order valence-corrected chi connectivity index (χ3v) is 3.47. The molecule has 0 bridgehead atoms. The lowest BCUT2D eigenvalue weighted by atomic mass is 10.2. The molecule has 2 atom stereocenters. The van der Waals surface area contributed by atoms with Gasteiger partial charge in [-0.25, -0.2) is 9.50 Å². The molecule has 0 spiro atoms. The maximum absolute atomic E-state index is 12.5. The Bertz CT molecular complexity index is 698. The van der Waals surface area contributed by atoms with E-state index in [2.05, 4.69) is 15.4 Å². The van der Waals surface area contributed by atoms with Crippen LogP contribution in [0.15, 0.2) is 24.7 Å². The first-order valence-corrected chi connectivity index (χ1v) is 6.59. The standard InChI is InChI=1S/C13H15N5O3/c1-8(19)16-10-6-17(7-11(10)20)13(21)9-5-15-18-4-2-3-14-12(9)18/h2-5,10-11,20H,6-7H2,1H3,(H,16,19)/t10-,11-/m1/s1. The quantitative estimate of drug-likeness (QED) is 0.742. The number of aromatic nitrogens is 3. The Morgan fingerprint density at radius 3 is 3.00 bits per heavy atom. The van der Waals surface area contributed by atoms with Gasteiger partial charge >= 0.3 is 0 Å². The van der Waals surface area contributed by atoms with Crippen LogP contribution in [0.2, 0.25) is 0 Å². The Morgan fingerprint density at radius 2 is 2.24 bits per heavy atom. The van der Waals surface area contributed by atoms with Crippen molar-refractivity contribution in [2.75, 3.05) is 13.1 Å². The first-order valence-electron chi connectivity index (χ1n) is 6.59. The smallest absolute Gasteiger partial charge is 0.259 e. The summed E-state index contributed by atoms with van der Waals surface area (Å²) in [5.74, 6) is -0.485. The molecule has 2 N–H and O–H groups in total. The molecule has 21 heavy (non-hydrogen) atoms. The van der Waals surface area contributed by atoms with Crippen molar-refractivity contribution in [1.29, 1.82) is 0 Å². The SMILES string of the molecule is CC(=O)N[C@@H]1CN(C(=O)c2cnn3cccnc23)C[C@H]1O. The molecular formula is C13H15N5O3. The number of rotatable bonds is 2. The monoisotopic (exact) mass is 289 g/mol. The summed E-state index contributed by atoms with van der Waals surface area (Å²) in [5.41, 5.74) is 0.853. The van der Waals surface area contributed by atoms with Gasteiger partial charge in [0.05, 0.1) is 18.3 Å². The summed E-state index contributed by atoms with van der Waals surface area (Å²) in [6.45, 7) is 1.82. The predicted octanol–water partition coefficient (Wildman–Crippen LogP) is -0.949. The van der Waals surface area contributed by atoms with Crippen molar-refractivity contribution in [2.24, 2.45) is 0 Å². The lowest BCUT2D eigenvalue weighted by Gasteiger charge is -2.15. The van der Waals surface area contributed by atoms with Gasteiger partial charge < -0.3 is 15.3 Å². The zero-order chi connectivity index (χ0) is 15.0. The molecule has 0 saturated carbocycles. The molecule has 0 aromatic carbocycles. The Hall–Kier alpha value is -2.48. The highest BCUT2D eigenvalue weighted by atomic mass is 16.3. The van der Waals surface area contributed by atoms with Gasteiger partial charge in [-0.2, -0.15) is 5.10 Å². The first-order chi connectivity index (χ1) is 10.1. The minimum Gasteiger partial charge on any atom is -0.389 e. The fourth-order valence-electron chi connectivity index (χ4n) is 2.50. The number of aliphatic hydroxyl groups excluding tert-OH is 1. The van der Waals surface area contributed by atoms with E-state index >= 15 is 0 Å². The van der Waals surface area contributed by atoms with Crippen molar-refractivity contribution in [3.63, 3.8) is 0 Å². The molecule has 8 heteroatoms. The lowest BCUT2D eigenvalue weighted by Crippen LogP contribution is -2.41. The van der Waals surface area contributed by atoms with Crippen molar-refractivity contribution in [3.8, 4) is 0 Å². The van der Waals surface area contributed by atoms with Crippen LogP contribution in [0.1, 0.15) is 17.3 Å². The summed E-state index contributed by atoms with van der Waals surface area (Å²) in [5, 5.41) is 16.6. The van der Waals surface area contributed by atoms with Crippen LogP contribution in [0.25, 0.3) is 5.65 Å². The first kappa shape index (κ1) is 13.5. The highest BCUT2D eigenvalue weighted by Crippen LogP contribution is 2.16. The average molecular weight is 289 g/mol. The number of β-amino-alcohol motifs (C(OH)–C–C–N with tert-alkyl or cyclic N) is 1. The number of fused-ring (bicyclic) bond motifs is 1. The summed E-state index contributed by atoms with van der Waals surface area (Å²) < 4.78 is 1.52. The summed E-state index contributed by atoms with van der Waals surface area (Å²) in [4.78, 5) is 29.2. The predicted molar refractivity (Wildman–Crippen MR) is 72.5 cm³/mol. The van der Waals surface area contributed by atoms with Crippen LogP contribution < -0.4 is 5.32 Å². The third-order valence-electron chi connectivity index (χ3n) is 3.47. The van der Waals surface area contributed by atoms with Gasteiger partial charge in [-0.3, -0.25) is 9.59 Å². The number of hydrogen-bond donors (Lipinski definition) is 2. The van der Waals surface area contributed by atoms with E-state index in [4.69, 9.17) is 0 Å². The molecule has 0 radical (unpaired) electrons. The number of carbonyl (C=O) groups excluding carboxylic acids is 2. The van der Waals surface area contributed by atoms with Gasteiger partial charge in [-0.15, -0.1) is 0 Å². The van der Waals surface area contributed by atoms with E-state index in [1.807, 2.05) is 0 Å². The molecule has 2 amide bonds. The van der Waals surface area contributed by atoms with E-state index < -0.39 is 12.1 Å². The molecule has 1 saturated heterocycles. The molecule has 8 nitrogen and oxygen atoms in total. The lowest BCUT2D eigenvalue weighted by molar-refractivity contribution is -0.120. The van der Waals surface area contributed by atoms with E-state index in [0.29, 0.717) is 11.2 Å². The van der Waals surface area contributed by atoms with Crippen molar-refractivity contribution in [1.82, 2.24) is 24.8 Å². The molecule has 110 valence electrons. The van der Waals surface area contributed by atoms with E-state index in [1.54, 1.807) is 18.5 Å². The van der Waals surface area contributed by atoms with Gasteiger partial charge in [0, 0.05) is 32.4 Å². The molecule has 3 heterocycles. The minimum atomic E-state index is -0.771. The van der Waals surface area contributed by atoms with Crippen LogP contribution in [0.5, 0.6) is 0 Å². The molecule has 1 aliphatic rings. The summed E-state index contributed by atoms with van der Waals surface area (Å²) >= 11 is 0. The van der Waals surface area contributed by atoms with Gasteiger partial charge in [0.15, 0.2) is 5.65 Å². The van der Waals surface area contributed by atoms with Crippen LogP contribution in [0, 0.1) is 0 Å². The molecule has 2 aromatic heterocycles. The number of nitrogens with one attached hydrogen (secondary N) is 1. The van der Waals surface area contributed by atoms with Crippen molar-refractivity contribution in [3.05, 3.63) is 30.2 Å². The fourth-order valence-corrected chi connectivity index (χ4v) is 2.50. The number of aliphatic hydroxyl groups is 1. The van der Waals surface area contributed by atoms with Gasteiger partial charge in [0.25, 0.3) is 5.91 Å². The van der Waals surface area contributed by atoms with E-state index in [1.165, 1.54) is 22.5 Å². The van der Waals surface area contributed by atoms with Crippen LogP contribution >= 0.6 is 0 Å². The second-order valence-electron chi connectivity index (χ2n) is 5.03. The summed E-state index contributed by atoms with van der Waals surface area (Å²) in [6.07, 6.45) is 3.99. The van der Waals surface area contributed by atoms with Crippen molar-refractivity contribution >= 4 is 17.5 Å². The number of nitrogens with zero attached hydrogens (tertiary/aromatic N) is 4. The summed E-state index contributed by atoms with van der Waals surface area (Å²) in [6, 6.07) is 1.28. The van der Waals surface area contributed by atoms with Crippen LogP contribution in [-0.4, -0.2) is 61.7 Å². The highest BCUT2D eigenvalue weighted by Gasteiger charge is 2.35. The molecule has 0 aliphatic carbocycles. The topological polar surface area (TPSA) is 99.8 Å². The van der Waals surface area contributed by atoms with Gasteiger partial charge in [-0.1, -0.05) is 0 Å². The number of amides is 2. The Labute approximate surface area is 120 Å². The van der Waals surface area contributed by atoms with Crippen LogP contribution in [-0.2, 0) is 4.79 Å². The van der Waals surface area contributed by atoms with Crippen LogP contribution in [0.4, 0.5) is 0 Å². The van der Waals surface area contributed by atoms with Crippen LogP contribution in [0.3, 0.4) is 0 Å². The number of likely N-dealkylation sites (tertiary alicyclic amines) is 1. The molecular weight excluding hydrogens is 274 g/mol. The van der Waals surface area contributed by atoms with Gasteiger partial charge in [0.1, 0.15) is 5.56 Å². The third kappa shape index (κ3) is 2.45. The molecule has 1 aliphatic heterocycles.